The van der Waals surface area contributed by atoms with E-state index >= 15 is 0 Å². The van der Waals surface area contributed by atoms with E-state index in [-0.39, 0.29) is 29.8 Å². The van der Waals surface area contributed by atoms with Crippen LogP contribution >= 0.6 is 11.6 Å². The molecule has 7 nitrogen and oxygen atoms in total. The van der Waals surface area contributed by atoms with Gasteiger partial charge in [0.1, 0.15) is 17.2 Å². The molecule has 0 radical (unpaired) electrons. The third-order valence-electron chi connectivity index (χ3n) is 4.94. The first-order valence-corrected chi connectivity index (χ1v) is 10.7. The van der Waals surface area contributed by atoms with Gasteiger partial charge in [-0.2, -0.15) is 0 Å². The van der Waals surface area contributed by atoms with Gasteiger partial charge in [0.2, 0.25) is 0 Å². The van der Waals surface area contributed by atoms with Crippen molar-refractivity contribution in [2.75, 3.05) is 32.7 Å². The number of nitrogens with zero attached hydrogens (tertiary/aromatic N) is 1. The number of halogens is 1. The van der Waals surface area contributed by atoms with Gasteiger partial charge in [-0.15, -0.1) is 0 Å². The molecule has 3 rings (SSSR count). The van der Waals surface area contributed by atoms with Crippen LogP contribution < -0.4 is 14.8 Å². The molecule has 0 bridgehead atoms. The average molecular weight is 459 g/mol. The molecule has 2 aromatic carbocycles. The number of methoxy groups -OCH3 is 2. The molecule has 0 atom stereocenters. The molecule has 0 aromatic heterocycles. The Kier molecular flexibility index (Phi) is 7.77. The van der Waals surface area contributed by atoms with E-state index in [1.807, 2.05) is 19.9 Å². The fraction of sp³-hybridized carbons (Fsp3) is 0.333. The number of hydrogen-bond acceptors (Lipinski definition) is 6. The average Bonchev–Trinajstić information content (AvgIpc) is 3.00. The predicted octanol–water partition coefficient (Wildman–Crippen LogP) is 4.36. The van der Waals surface area contributed by atoms with Gasteiger partial charge >= 0.3 is 0 Å². The molecule has 8 heteroatoms. The highest BCUT2D eigenvalue weighted by atomic mass is 35.5. The molecule has 32 heavy (non-hydrogen) atoms. The number of nitrogens with one attached hydrogen (secondary N) is 1. The smallest absolute Gasteiger partial charge is 0.278 e. The molecule has 0 aliphatic carbocycles. The van der Waals surface area contributed by atoms with Gasteiger partial charge in [0.25, 0.3) is 11.8 Å². The Labute approximate surface area is 192 Å². The van der Waals surface area contributed by atoms with E-state index in [4.69, 9.17) is 25.8 Å². The van der Waals surface area contributed by atoms with Crippen molar-refractivity contribution >= 4 is 34.7 Å². The number of benzene rings is 2. The summed E-state index contributed by atoms with van der Waals surface area (Å²) in [6, 6.07) is 12.2. The minimum Gasteiger partial charge on any atom is -0.496 e. The third-order valence-corrected chi connectivity index (χ3v) is 5.24. The molecule has 0 saturated carbocycles. The van der Waals surface area contributed by atoms with Crippen LogP contribution in [0.3, 0.4) is 0 Å². The second-order valence-corrected chi connectivity index (χ2v) is 7.87. The van der Waals surface area contributed by atoms with Gasteiger partial charge in [0.05, 0.1) is 30.9 Å². The maximum absolute atomic E-state index is 13.3. The number of anilines is 1. The van der Waals surface area contributed by atoms with E-state index in [1.165, 1.54) is 19.1 Å². The first kappa shape index (κ1) is 23.6. The van der Waals surface area contributed by atoms with E-state index in [0.717, 1.165) is 0 Å². The highest BCUT2D eigenvalue weighted by molar-refractivity contribution is 6.37. The summed E-state index contributed by atoms with van der Waals surface area (Å²) in [4.78, 5) is 27.9. The van der Waals surface area contributed by atoms with Crippen LogP contribution in [-0.4, -0.2) is 50.2 Å². The lowest BCUT2D eigenvalue weighted by Crippen LogP contribution is -2.34. The van der Waals surface area contributed by atoms with Crippen LogP contribution in [0.5, 0.6) is 11.5 Å². The predicted molar refractivity (Wildman–Crippen MR) is 124 cm³/mol. The van der Waals surface area contributed by atoms with Gasteiger partial charge in [-0.05, 0) is 44.5 Å². The Bertz CT molecular complexity index is 1030. The minimum absolute atomic E-state index is 0.0827. The van der Waals surface area contributed by atoms with Crippen molar-refractivity contribution in [1.29, 1.82) is 0 Å². The van der Waals surface area contributed by atoms with Crippen LogP contribution in [0.1, 0.15) is 25.8 Å². The van der Waals surface area contributed by atoms with Crippen molar-refractivity contribution in [2.24, 2.45) is 0 Å². The number of para-hydroxylation sites is 1. The van der Waals surface area contributed by atoms with Gasteiger partial charge in [0, 0.05) is 24.4 Å². The van der Waals surface area contributed by atoms with Crippen molar-refractivity contribution in [1.82, 2.24) is 4.90 Å². The van der Waals surface area contributed by atoms with Gasteiger partial charge in [-0.25, -0.2) is 0 Å². The number of carbonyl (C=O) groups is 2. The molecule has 0 fully saturated rings. The SMILES string of the molecule is COc1ccc(NC2=C(c3ccccc3OC)C(=O)N(CCCOC(C)C)C2=O)cc1Cl. The summed E-state index contributed by atoms with van der Waals surface area (Å²) in [5, 5.41) is 3.48. The first-order chi connectivity index (χ1) is 15.4. The molecule has 0 spiro atoms. The van der Waals surface area contributed by atoms with Crippen molar-refractivity contribution in [3.63, 3.8) is 0 Å². The zero-order chi connectivity index (χ0) is 23.3. The van der Waals surface area contributed by atoms with E-state index < -0.39 is 5.91 Å². The normalized spacial score (nSPS) is 13.9. The Morgan fingerprint density at radius 2 is 1.72 bits per heavy atom. The van der Waals surface area contributed by atoms with Crippen molar-refractivity contribution < 1.29 is 23.8 Å². The standard InChI is InChI=1S/C24H27ClN2O5/c1-15(2)32-13-7-12-27-23(28)21(17-8-5-6-9-19(17)30-3)22(24(27)29)26-16-10-11-20(31-4)18(25)14-16/h5-6,8-11,14-15,26H,7,12-13H2,1-4H3. The molecular weight excluding hydrogens is 432 g/mol. The minimum atomic E-state index is -0.410. The zero-order valence-electron chi connectivity index (χ0n) is 18.6. The quantitative estimate of drug-likeness (QED) is 0.421. The van der Waals surface area contributed by atoms with Crippen LogP contribution in [0, 0.1) is 0 Å². The van der Waals surface area contributed by atoms with Gasteiger partial charge < -0.3 is 19.5 Å². The number of amides is 2. The highest BCUT2D eigenvalue weighted by Crippen LogP contribution is 2.36. The summed E-state index contributed by atoms with van der Waals surface area (Å²) in [5.41, 5.74) is 1.52. The summed E-state index contributed by atoms with van der Waals surface area (Å²) < 4.78 is 16.2. The van der Waals surface area contributed by atoms with Crippen molar-refractivity contribution in [2.45, 2.75) is 26.4 Å². The fourth-order valence-corrected chi connectivity index (χ4v) is 3.68. The van der Waals surface area contributed by atoms with E-state index in [0.29, 0.717) is 40.8 Å². The summed E-state index contributed by atoms with van der Waals surface area (Å²) in [6.45, 7) is 4.58. The van der Waals surface area contributed by atoms with Crippen LogP contribution in [0.25, 0.3) is 5.57 Å². The van der Waals surface area contributed by atoms with E-state index in [2.05, 4.69) is 5.32 Å². The molecule has 1 aliphatic rings. The molecular formula is C24H27ClN2O5. The lowest BCUT2D eigenvalue weighted by molar-refractivity contribution is -0.137. The number of rotatable bonds is 10. The molecule has 2 amide bonds. The third kappa shape index (κ3) is 5.06. The molecule has 1 heterocycles. The Morgan fingerprint density at radius 3 is 2.38 bits per heavy atom. The summed E-state index contributed by atoms with van der Waals surface area (Å²) >= 11 is 6.24. The van der Waals surface area contributed by atoms with Gasteiger partial charge in [-0.1, -0.05) is 29.8 Å². The molecule has 2 aromatic rings. The second-order valence-electron chi connectivity index (χ2n) is 7.46. The number of imide groups is 1. The van der Waals surface area contributed by atoms with Crippen LogP contribution in [0.2, 0.25) is 5.02 Å². The van der Waals surface area contributed by atoms with Crippen LogP contribution in [0.15, 0.2) is 48.2 Å². The summed E-state index contributed by atoms with van der Waals surface area (Å²) in [7, 11) is 3.05. The number of ether oxygens (including phenoxy) is 3. The van der Waals surface area contributed by atoms with Gasteiger partial charge in [-0.3, -0.25) is 14.5 Å². The molecule has 0 saturated heterocycles. The molecule has 1 aliphatic heterocycles. The van der Waals surface area contributed by atoms with Crippen LogP contribution in [0.4, 0.5) is 5.69 Å². The number of carbonyl (C=O) groups excluding carboxylic acids is 2. The lowest BCUT2D eigenvalue weighted by Gasteiger charge is -2.16. The Morgan fingerprint density at radius 1 is 1.00 bits per heavy atom. The molecule has 0 unspecified atom stereocenters. The first-order valence-electron chi connectivity index (χ1n) is 10.3. The van der Waals surface area contributed by atoms with E-state index in [9.17, 15) is 9.59 Å². The topological polar surface area (TPSA) is 77.1 Å². The maximum Gasteiger partial charge on any atom is 0.278 e. The summed E-state index contributed by atoms with van der Waals surface area (Å²) in [6.07, 6.45) is 0.621. The summed E-state index contributed by atoms with van der Waals surface area (Å²) in [5.74, 6) is 0.219. The van der Waals surface area contributed by atoms with E-state index in [1.54, 1.807) is 36.4 Å². The molecule has 1 N–H and O–H groups in total. The Balaban J connectivity index is 1.97. The Hall–Kier alpha value is -3.03. The second kappa shape index (κ2) is 10.5. The van der Waals surface area contributed by atoms with Crippen LogP contribution in [-0.2, 0) is 14.3 Å². The monoisotopic (exact) mass is 458 g/mol. The van der Waals surface area contributed by atoms with Crippen molar-refractivity contribution in [3.05, 3.63) is 58.7 Å². The van der Waals surface area contributed by atoms with Gasteiger partial charge in [0.15, 0.2) is 0 Å². The fourth-order valence-electron chi connectivity index (χ4n) is 3.43. The molecule has 170 valence electrons. The maximum atomic E-state index is 13.3. The van der Waals surface area contributed by atoms with Crippen molar-refractivity contribution in [3.8, 4) is 11.5 Å². The lowest BCUT2D eigenvalue weighted by atomic mass is 10.0. The number of hydrogen-bond donors (Lipinski definition) is 1. The zero-order valence-corrected chi connectivity index (χ0v) is 19.4. The largest absolute Gasteiger partial charge is 0.496 e. The highest BCUT2D eigenvalue weighted by Gasteiger charge is 2.40.